The fraction of sp³-hybridized carbons (Fsp3) is 0.125. The summed E-state index contributed by atoms with van der Waals surface area (Å²) in [7, 11) is 0. The highest BCUT2D eigenvalue weighted by Gasteiger charge is 2.19. The molecule has 0 amide bonds. The van der Waals surface area contributed by atoms with Crippen molar-refractivity contribution in [2.24, 2.45) is 0 Å². The maximum atomic E-state index is 10.8. The minimum absolute atomic E-state index is 0.0423. The first-order valence-corrected chi connectivity index (χ1v) is 4.22. The van der Waals surface area contributed by atoms with Gasteiger partial charge in [0.2, 0.25) is 0 Å². The largest absolute Gasteiger partial charge is 0.477 e. The van der Waals surface area contributed by atoms with Crippen LogP contribution in [0.2, 0.25) is 5.15 Å². The molecule has 5 nitrogen and oxygen atoms in total. The van der Waals surface area contributed by atoms with Crippen LogP contribution in [0.5, 0.6) is 0 Å². The molecule has 0 aliphatic rings. The quantitative estimate of drug-likeness (QED) is 0.774. The van der Waals surface area contributed by atoms with Crippen LogP contribution in [0.15, 0.2) is 12.3 Å². The summed E-state index contributed by atoms with van der Waals surface area (Å²) in [6, 6.07) is 1.72. The van der Waals surface area contributed by atoms with Crippen molar-refractivity contribution in [2.45, 2.75) is 6.92 Å². The maximum Gasteiger partial charge on any atom is 0.342 e. The molecule has 0 spiro atoms. The Hall–Kier alpha value is -1.62. The Morgan fingerprint density at radius 1 is 1.64 bits per heavy atom. The average Bonchev–Trinajstić information content (AvgIpc) is 2.42. The normalized spacial score (nSPS) is 10.7. The van der Waals surface area contributed by atoms with Crippen LogP contribution in [-0.2, 0) is 0 Å². The van der Waals surface area contributed by atoms with Crippen LogP contribution in [0.25, 0.3) is 5.65 Å². The Labute approximate surface area is 83.9 Å². The van der Waals surface area contributed by atoms with E-state index in [1.54, 1.807) is 13.0 Å². The first-order chi connectivity index (χ1) is 6.61. The highest BCUT2D eigenvalue weighted by molar-refractivity contribution is 6.33. The van der Waals surface area contributed by atoms with E-state index in [0.717, 1.165) is 5.69 Å². The molecule has 0 bridgehead atoms. The molecule has 72 valence electrons. The lowest BCUT2D eigenvalue weighted by atomic mass is 10.3. The molecule has 1 N–H and O–H groups in total. The zero-order valence-electron chi connectivity index (χ0n) is 7.23. The molecule has 2 heterocycles. The van der Waals surface area contributed by atoms with E-state index in [4.69, 9.17) is 16.7 Å². The number of nitrogens with zero attached hydrogens (tertiary/aromatic N) is 3. The lowest BCUT2D eigenvalue weighted by molar-refractivity contribution is 0.0699. The van der Waals surface area contributed by atoms with Gasteiger partial charge in [0.1, 0.15) is 5.56 Å². The van der Waals surface area contributed by atoms with Gasteiger partial charge in [-0.25, -0.2) is 14.3 Å². The van der Waals surface area contributed by atoms with Crippen LogP contribution in [0, 0.1) is 6.92 Å². The van der Waals surface area contributed by atoms with Crippen LogP contribution in [-0.4, -0.2) is 25.7 Å². The van der Waals surface area contributed by atoms with Gasteiger partial charge in [-0.3, -0.25) is 0 Å². The summed E-state index contributed by atoms with van der Waals surface area (Å²) in [6.45, 7) is 1.80. The van der Waals surface area contributed by atoms with Crippen molar-refractivity contribution >= 4 is 23.2 Å². The number of aromatic nitrogens is 3. The van der Waals surface area contributed by atoms with Crippen molar-refractivity contribution in [3.05, 3.63) is 28.7 Å². The van der Waals surface area contributed by atoms with Gasteiger partial charge in [-0.1, -0.05) is 11.6 Å². The molecule has 0 fully saturated rings. The third-order valence-corrected chi connectivity index (χ3v) is 2.14. The zero-order valence-corrected chi connectivity index (χ0v) is 7.99. The summed E-state index contributed by atoms with van der Waals surface area (Å²) >= 11 is 5.68. The maximum absolute atomic E-state index is 10.8. The van der Waals surface area contributed by atoms with Crippen molar-refractivity contribution in [3.63, 3.8) is 0 Å². The van der Waals surface area contributed by atoms with Gasteiger partial charge in [-0.15, -0.1) is 0 Å². The molecule has 2 aromatic rings. The van der Waals surface area contributed by atoms with Crippen molar-refractivity contribution in [1.29, 1.82) is 0 Å². The molecule has 0 unspecified atom stereocenters. The lowest BCUT2D eigenvalue weighted by Gasteiger charge is -1.95. The average molecular weight is 212 g/mol. The number of carboxylic acids is 1. The molecule has 0 aliphatic carbocycles. The molecular weight excluding hydrogens is 206 g/mol. The number of rotatable bonds is 1. The Kier molecular flexibility index (Phi) is 1.89. The minimum atomic E-state index is -1.12. The first kappa shape index (κ1) is 8.96. The molecule has 6 heteroatoms. The van der Waals surface area contributed by atoms with Crippen LogP contribution in [0.1, 0.15) is 16.1 Å². The SMILES string of the molecule is Cc1ccnc2c(C(=O)O)c(Cl)nn12. The van der Waals surface area contributed by atoms with Crippen molar-refractivity contribution < 1.29 is 9.90 Å². The minimum Gasteiger partial charge on any atom is -0.477 e. The second-order valence-corrected chi connectivity index (χ2v) is 3.15. The van der Waals surface area contributed by atoms with Gasteiger partial charge in [-0.05, 0) is 13.0 Å². The molecule has 14 heavy (non-hydrogen) atoms. The van der Waals surface area contributed by atoms with Gasteiger partial charge < -0.3 is 5.11 Å². The third-order valence-electron chi connectivity index (χ3n) is 1.88. The number of carboxylic acid groups (broad SMARTS) is 1. The molecule has 2 rings (SSSR count). The second kappa shape index (κ2) is 2.95. The first-order valence-electron chi connectivity index (χ1n) is 3.84. The summed E-state index contributed by atoms with van der Waals surface area (Å²) in [6.07, 6.45) is 1.52. The van der Waals surface area contributed by atoms with E-state index in [1.807, 2.05) is 0 Å². The number of halogens is 1. The van der Waals surface area contributed by atoms with Crippen molar-refractivity contribution in [1.82, 2.24) is 14.6 Å². The van der Waals surface area contributed by atoms with E-state index in [0.29, 0.717) is 0 Å². The lowest BCUT2D eigenvalue weighted by Crippen LogP contribution is -1.99. The van der Waals surface area contributed by atoms with Crippen LogP contribution >= 0.6 is 11.6 Å². The monoisotopic (exact) mass is 211 g/mol. The fourth-order valence-corrected chi connectivity index (χ4v) is 1.46. The molecule has 0 saturated heterocycles. The Balaban J connectivity index is 2.90. The number of aromatic carboxylic acids is 1. The summed E-state index contributed by atoms with van der Waals surface area (Å²) in [4.78, 5) is 14.7. The third kappa shape index (κ3) is 1.13. The van der Waals surface area contributed by atoms with Crippen molar-refractivity contribution in [2.75, 3.05) is 0 Å². The molecule has 0 aliphatic heterocycles. The van der Waals surface area contributed by atoms with E-state index < -0.39 is 5.97 Å². The van der Waals surface area contributed by atoms with E-state index in [1.165, 1.54) is 10.7 Å². The molecular formula is C8H6ClN3O2. The zero-order chi connectivity index (χ0) is 10.3. The number of carbonyl (C=O) groups is 1. The summed E-state index contributed by atoms with van der Waals surface area (Å²) in [5.74, 6) is -1.12. The Bertz CT molecular complexity index is 521. The fourth-order valence-electron chi connectivity index (χ4n) is 1.22. The summed E-state index contributed by atoms with van der Waals surface area (Å²) in [5, 5.41) is 12.7. The highest BCUT2D eigenvalue weighted by atomic mass is 35.5. The molecule has 0 saturated carbocycles. The van der Waals surface area contributed by atoms with Gasteiger partial charge in [0, 0.05) is 11.9 Å². The highest BCUT2D eigenvalue weighted by Crippen LogP contribution is 2.19. The second-order valence-electron chi connectivity index (χ2n) is 2.79. The Morgan fingerprint density at radius 3 is 3.00 bits per heavy atom. The van der Waals surface area contributed by atoms with E-state index in [9.17, 15) is 4.79 Å². The predicted molar refractivity (Wildman–Crippen MR) is 49.7 cm³/mol. The van der Waals surface area contributed by atoms with Crippen LogP contribution in [0.3, 0.4) is 0 Å². The van der Waals surface area contributed by atoms with Crippen LogP contribution < -0.4 is 0 Å². The Morgan fingerprint density at radius 2 is 2.36 bits per heavy atom. The number of fused-ring (bicyclic) bond motifs is 1. The smallest absolute Gasteiger partial charge is 0.342 e. The topological polar surface area (TPSA) is 67.5 Å². The number of aryl methyl sites for hydroxylation is 1. The van der Waals surface area contributed by atoms with Crippen LogP contribution in [0.4, 0.5) is 0 Å². The predicted octanol–water partition coefficient (Wildman–Crippen LogP) is 1.39. The van der Waals surface area contributed by atoms with Gasteiger partial charge in [0.15, 0.2) is 10.8 Å². The van der Waals surface area contributed by atoms with Gasteiger partial charge in [0.05, 0.1) is 0 Å². The number of hydrogen-bond acceptors (Lipinski definition) is 3. The number of hydrogen-bond donors (Lipinski definition) is 1. The summed E-state index contributed by atoms with van der Waals surface area (Å²) in [5.41, 5.74) is 0.988. The van der Waals surface area contributed by atoms with Gasteiger partial charge in [-0.2, -0.15) is 5.10 Å². The standard InChI is InChI=1S/C8H6ClN3O2/c1-4-2-3-10-7-5(8(13)14)6(9)11-12(4)7/h2-3H,1H3,(H,13,14). The molecule has 0 radical (unpaired) electrons. The van der Waals surface area contributed by atoms with E-state index >= 15 is 0 Å². The molecule has 0 aromatic carbocycles. The van der Waals surface area contributed by atoms with E-state index in [-0.39, 0.29) is 16.4 Å². The molecule has 2 aromatic heterocycles. The van der Waals surface area contributed by atoms with E-state index in [2.05, 4.69) is 10.1 Å². The van der Waals surface area contributed by atoms with Crippen molar-refractivity contribution in [3.8, 4) is 0 Å². The van der Waals surface area contributed by atoms with Gasteiger partial charge in [0.25, 0.3) is 0 Å². The molecule has 0 atom stereocenters. The van der Waals surface area contributed by atoms with Gasteiger partial charge >= 0.3 is 5.97 Å². The summed E-state index contributed by atoms with van der Waals surface area (Å²) < 4.78 is 1.41.